The molecule has 2 aromatic carbocycles. The summed E-state index contributed by atoms with van der Waals surface area (Å²) in [5, 5.41) is 11.9. The lowest BCUT2D eigenvalue weighted by Gasteiger charge is -2.36. The van der Waals surface area contributed by atoms with Crippen LogP contribution in [0.4, 0.5) is 15.8 Å². The van der Waals surface area contributed by atoms with E-state index in [1.165, 1.54) is 13.2 Å². The molecule has 1 aliphatic heterocycles. The van der Waals surface area contributed by atoms with Crippen molar-refractivity contribution in [2.24, 2.45) is 0 Å². The van der Waals surface area contributed by atoms with Crippen molar-refractivity contribution < 1.29 is 18.8 Å². The molecule has 3 rings (SSSR count). The topological polar surface area (TPSA) is 75.9 Å². The Morgan fingerprint density at radius 2 is 1.93 bits per heavy atom. The molecular weight excluding hydrogens is 389 g/mol. The Morgan fingerprint density at radius 3 is 2.54 bits per heavy atom. The monoisotopic (exact) mass is 407 g/mol. The van der Waals surface area contributed by atoms with Crippen molar-refractivity contribution in [2.45, 2.75) is 6.42 Å². The number of halogens is 2. The molecule has 1 fully saturated rings. The van der Waals surface area contributed by atoms with Gasteiger partial charge in [-0.3, -0.25) is 14.9 Å². The molecule has 0 radical (unpaired) electrons. The molecule has 0 aromatic heterocycles. The van der Waals surface area contributed by atoms with Crippen LogP contribution < -0.4 is 9.64 Å². The maximum absolute atomic E-state index is 13.9. The smallest absolute Gasteiger partial charge is 0.295 e. The first kappa shape index (κ1) is 19.9. The summed E-state index contributed by atoms with van der Waals surface area (Å²) in [4.78, 5) is 26.7. The number of nitrogens with zero attached hydrogens (tertiary/aromatic N) is 3. The second kappa shape index (κ2) is 8.43. The molecule has 1 amide bonds. The summed E-state index contributed by atoms with van der Waals surface area (Å²) in [5.41, 5.74) is 0.714. The number of ether oxygens (including phenoxy) is 1. The lowest BCUT2D eigenvalue weighted by Crippen LogP contribution is -2.49. The summed E-state index contributed by atoms with van der Waals surface area (Å²) in [6.07, 6.45) is 0.199. The Bertz CT molecular complexity index is 901. The predicted octanol–water partition coefficient (Wildman–Crippen LogP) is 3.29. The standard InChI is InChI=1S/C19H19ClFN3O4/c1-28-18-12-16(17(24(26)27)11-15(18)21)22-6-8-23(9-7-22)19(25)10-13-4-2-3-5-14(13)20/h2-5,11-12H,6-10H2,1H3. The molecule has 1 heterocycles. The van der Waals surface area contributed by atoms with Crippen molar-refractivity contribution in [1.82, 2.24) is 4.90 Å². The van der Waals surface area contributed by atoms with Crippen molar-refractivity contribution in [1.29, 1.82) is 0 Å². The molecule has 9 heteroatoms. The van der Waals surface area contributed by atoms with Gasteiger partial charge in [0.1, 0.15) is 5.69 Å². The van der Waals surface area contributed by atoms with Crippen LogP contribution in [0.2, 0.25) is 5.02 Å². The summed E-state index contributed by atoms with van der Waals surface area (Å²) in [6, 6.07) is 9.37. The lowest BCUT2D eigenvalue weighted by molar-refractivity contribution is -0.384. The molecule has 0 saturated carbocycles. The molecule has 28 heavy (non-hydrogen) atoms. The van der Waals surface area contributed by atoms with E-state index in [9.17, 15) is 19.3 Å². The molecule has 148 valence electrons. The van der Waals surface area contributed by atoms with Gasteiger partial charge in [0, 0.05) is 37.3 Å². The van der Waals surface area contributed by atoms with E-state index in [-0.39, 0.29) is 29.5 Å². The van der Waals surface area contributed by atoms with Crippen molar-refractivity contribution in [3.63, 3.8) is 0 Å². The molecule has 1 saturated heterocycles. The molecule has 0 bridgehead atoms. The average molecular weight is 408 g/mol. The van der Waals surface area contributed by atoms with Gasteiger partial charge in [-0.15, -0.1) is 0 Å². The highest BCUT2D eigenvalue weighted by Gasteiger charge is 2.28. The third kappa shape index (κ3) is 4.17. The van der Waals surface area contributed by atoms with Gasteiger partial charge in [-0.2, -0.15) is 0 Å². The van der Waals surface area contributed by atoms with Crippen LogP contribution in [-0.4, -0.2) is 49.0 Å². The maximum Gasteiger partial charge on any atom is 0.295 e. The fourth-order valence-corrected chi connectivity index (χ4v) is 3.40. The van der Waals surface area contributed by atoms with Gasteiger partial charge in [-0.05, 0) is 11.6 Å². The van der Waals surface area contributed by atoms with Gasteiger partial charge in [0.25, 0.3) is 5.69 Å². The van der Waals surface area contributed by atoms with Crippen LogP contribution in [0.3, 0.4) is 0 Å². The lowest BCUT2D eigenvalue weighted by atomic mass is 10.1. The molecular formula is C19H19ClFN3O4. The number of carbonyl (C=O) groups is 1. The number of rotatable bonds is 5. The number of amides is 1. The van der Waals surface area contributed by atoms with E-state index in [1.54, 1.807) is 21.9 Å². The van der Waals surface area contributed by atoms with Crippen LogP contribution in [-0.2, 0) is 11.2 Å². The summed E-state index contributed by atoms with van der Waals surface area (Å²) < 4.78 is 18.8. The fourth-order valence-electron chi connectivity index (χ4n) is 3.20. The zero-order valence-corrected chi connectivity index (χ0v) is 16.0. The molecule has 7 nitrogen and oxygen atoms in total. The SMILES string of the molecule is COc1cc(N2CCN(C(=O)Cc3ccccc3Cl)CC2)c([N+](=O)[O-])cc1F. The molecule has 0 aliphatic carbocycles. The van der Waals surface area contributed by atoms with E-state index in [4.69, 9.17) is 16.3 Å². The Hall–Kier alpha value is -2.87. The van der Waals surface area contributed by atoms with Gasteiger partial charge < -0.3 is 14.5 Å². The molecule has 0 spiro atoms. The molecule has 2 aromatic rings. The van der Waals surface area contributed by atoms with E-state index in [2.05, 4.69) is 0 Å². The largest absolute Gasteiger partial charge is 0.494 e. The Balaban J connectivity index is 1.71. The normalized spacial score (nSPS) is 14.1. The Morgan fingerprint density at radius 1 is 1.25 bits per heavy atom. The summed E-state index contributed by atoms with van der Waals surface area (Å²) in [7, 11) is 1.30. The number of anilines is 1. The number of hydrogen-bond donors (Lipinski definition) is 0. The van der Waals surface area contributed by atoms with Crippen LogP contribution in [0.5, 0.6) is 5.75 Å². The third-order valence-corrected chi connectivity index (χ3v) is 5.09. The highest BCUT2D eigenvalue weighted by Crippen LogP contribution is 2.35. The second-order valence-electron chi connectivity index (χ2n) is 6.37. The molecule has 1 aliphatic rings. The van der Waals surface area contributed by atoms with E-state index < -0.39 is 10.7 Å². The van der Waals surface area contributed by atoms with E-state index >= 15 is 0 Å². The van der Waals surface area contributed by atoms with Crippen molar-refractivity contribution in [3.05, 3.63) is 62.9 Å². The van der Waals surface area contributed by atoms with Crippen LogP contribution in [0, 0.1) is 15.9 Å². The minimum absolute atomic E-state index is 0.0565. The van der Waals surface area contributed by atoms with Gasteiger partial charge in [0.2, 0.25) is 5.91 Å². The van der Waals surface area contributed by atoms with Gasteiger partial charge in [0.05, 0.1) is 24.5 Å². The van der Waals surface area contributed by atoms with Crippen LogP contribution >= 0.6 is 11.6 Å². The van der Waals surface area contributed by atoms with Gasteiger partial charge in [-0.25, -0.2) is 4.39 Å². The fraction of sp³-hybridized carbons (Fsp3) is 0.316. The van der Waals surface area contributed by atoms with Gasteiger partial charge in [0.15, 0.2) is 11.6 Å². The number of benzene rings is 2. The zero-order chi connectivity index (χ0) is 20.3. The Kier molecular flexibility index (Phi) is 5.99. The highest BCUT2D eigenvalue weighted by molar-refractivity contribution is 6.31. The summed E-state index contributed by atoms with van der Waals surface area (Å²) >= 11 is 6.11. The number of hydrogen-bond acceptors (Lipinski definition) is 5. The first-order valence-corrected chi connectivity index (χ1v) is 9.06. The molecule has 0 atom stereocenters. The molecule has 0 N–H and O–H groups in total. The third-order valence-electron chi connectivity index (χ3n) is 4.72. The van der Waals surface area contributed by atoms with Crippen LogP contribution in [0.25, 0.3) is 0 Å². The van der Waals surface area contributed by atoms with E-state index in [0.717, 1.165) is 11.6 Å². The van der Waals surface area contributed by atoms with Crippen LogP contribution in [0.1, 0.15) is 5.56 Å². The van der Waals surface area contributed by atoms with Gasteiger partial charge in [-0.1, -0.05) is 29.8 Å². The van der Waals surface area contributed by atoms with Crippen LogP contribution in [0.15, 0.2) is 36.4 Å². The summed E-state index contributed by atoms with van der Waals surface area (Å²) in [6.45, 7) is 1.59. The maximum atomic E-state index is 13.9. The predicted molar refractivity (Wildman–Crippen MR) is 104 cm³/mol. The van der Waals surface area contributed by atoms with Crippen molar-refractivity contribution in [3.8, 4) is 5.75 Å². The highest BCUT2D eigenvalue weighted by atomic mass is 35.5. The van der Waals surface area contributed by atoms with Crippen molar-refractivity contribution >= 4 is 28.9 Å². The minimum Gasteiger partial charge on any atom is -0.494 e. The summed E-state index contributed by atoms with van der Waals surface area (Å²) in [5.74, 6) is -0.900. The first-order valence-electron chi connectivity index (χ1n) is 8.68. The Labute approximate surface area is 166 Å². The number of carbonyl (C=O) groups excluding carboxylic acids is 1. The van der Waals surface area contributed by atoms with E-state index in [0.29, 0.717) is 31.2 Å². The zero-order valence-electron chi connectivity index (χ0n) is 15.2. The number of piperazine rings is 1. The van der Waals surface area contributed by atoms with E-state index in [1.807, 2.05) is 12.1 Å². The quantitative estimate of drug-likeness (QED) is 0.561. The second-order valence-corrected chi connectivity index (χ2v) is 6.78. The number of nitro benzene ring substituents is 1. The average Bonchev–Trinajstić information content (AvgIpc) is 2.69. The van der Waals surface area contributed by atoms with Gasteiger partial charge >= 0.3 is 0 Å². The minimum atomic E-state index is -0.786. The number of methoxy groups -OCH3 is 1. The molecule has 0 unspecified atom stereocenters. The van der Waals surface area contributed by atoms with Crippen molar-refractivity contribution in [2.75, 3.05) is 38.2 Å². The number of nitro groups is 1. The first-order chi connectivity index (χ1) is 13.4.